The number of hydrogen-bond donors (Lipinski definition) is 1. The maximum absolute atomic E-state index is 12.3. The fourth-order valence-electron chi connectivity index (χ4n) is 5.17. The van der Waals surface area contributed by atoms with Crippen molar-refractivity contribution in [2.24, 2.45) is 0 Å². The Balaban J connectivity index is 1.21. The number of ether oxygens (including phenoxy) is 1. The van der Waals surface area contributed by atoms with Crippen molar-refractivity contribution in [3.63, 3.8) is 0 Å². The lowest BCUT2D eigenvalue weighted by Gasteiger charge is -2.35. The molecule has 1 fully saturated rings. The van der Waals surface area contributed by atoms with Crippen LogP contribution in [-0.4, -0.2) is 21.2 Å². The van der Waals surface area contributed by atoms with Gasteiger partial charge in [-0.25, -0.2) is 4.79 Å². The van der Waals surface area contributed by atoms with E-state index in [1.54, 1.807) is 18.5 Å². The van der Waals surface area contributed by atoms with E-state index in [-0.39, 0.29) is 5.97 Å². The number of aromatic amines is 1. The molecule has 0 atom stereocenters. The highest BCUT2D eigenvalue weighted by molar-refractivity contribution is 5.94. The van der Waals surface area contributed by atoms with Crippen molar-refractivity contribution >= 4 is 5.97 Å². The molecule has 0 radical (unpaired) electrons. The van der Waals surface area contributed by atoms with Crippen molar-refractivity contribution in [3.8, 4) is 22.4 Å². The van der Waals surface area contributed by atoms with Gasteiger partial charge in [0.25, 0.3) is 0 Å². The molecule has 3 heterocycles. The van der Waals surface area contributed by atoms with Crippen LogP contribution in [-0.2, 0) is 10.3 Å². The zero-order valence-corrected chi connectivity index (χ0v) is 17.6. The van der Waals surface area contributed by atoms with E-state index in [1.165, 1.54) is 11.1 Å². The van der Waals surface area contributed by atoms with E-state index >= 15 is 0 Å². The Morgan fingerprint density at radius 1 is 0.906 bits per heavy atom. The number of nitrogens with one attached hydrogen (secondary N) is 1. The molecule has 158 valence electrons. The summed E-state index contributed by atoms with van der Waals surface area (Å²) in [6.07, 6.45) is 6.94. The summed E-state index contributed by atoms with van der Waals surface area (Å²) < 4.78 is 5.87. The third-order valence-electron chi connectivity index (χ3n) is 6.92. The van der Waals surface area contributed by atoms with Gasteiger partial charge >= 0.3 is 5.97 Å². The van der Waals surface area contributed by atoms with Gasteiger partial charge in [0.15, 0.2) is 0 Å². The summed E-state index contributed by atoms with van der Waals surface area (Å²) >= 11 is 0. The highest BCUT2D eigenvalue weighted by Gasteiger charge is 2.48. The van der Waals surface area contributed by atoms with Gasteiger partial charge in [0.2, 0.25) is 0 Å². The molecule has 0 saturated heterocycles. The number of rotatable bonds is 3. The Hall–Kier alpha value is -3.73. The van der Waals surface area contributed by atoms with Crippen LogP contribution in [0.3, 0.4) is 0 Å². The summed E-state index contributed by atoms with van der Waals surface area (Å²) in [7, 11) is 0. The maximum Gasteiger partial charge on any atom is 0.339 e. The Kier molecular flexibility index (Phi) is 4.42. The Labute approximate surface area is 186 Å². The third kappa shape index (κ3) is 3.12. The predicted octanol–water partition coefficient (Wildman–Crippen LogP) is 5.86. The van der Waals surface area contributed by atoms with E-state index in [4.69, 9.17) is 4.74 Å². The number of nitrogens with zero attached hydrogens (tertiary/aromatic N) is 2. The topological polar surface area (TPSA) is 67.9 Å². The quantitative estimate of drug-likeness (QED) is 0.421. The van der Waals surface area contributed by atoms with Gasteiger partial charge in [0.1, 0.15) is 5.60 Å². The summed E-state index contributed by atoms with van der Waals surface area (Å²) in [5.74, 6) is 0.154. The van der Waals surface area contributed by atoms with Crippen molar-refractivity contribution in [2.75, 3.05) is 0 Å². The molecule has 32 heavy (non-hydrogen) atoms. The van der Waals surface area contributed by atoms with Crippen molar-refractivity contribution in [1.82, 2.24) is 15.2 Å². The second kappa shape index (κ2) is 7.45. The number of benzene rings is 2. The molecule has 2 aromatic carbocycles. The molecular formula is C27H23N3O2. The normalized spacial score (nSPS) is 22.0. The fourth-order valence-corrected chi connectivity index (χ4v) is 5.17. The number of carbonyl (C=O) groups is 1. The summed E-state index contributed by atoms with van der Waals surface area (Å²) in [6.45, 7) is 0. The fraction of sp³-hybridized carbons (Fsp3) is 0.222. The number of H-pyrrole nitrogens is 1. The van der Waals surface area contributed by atoms with Crippen molar-refractivity contribution in [1.29, 1.82) is 0 Å². The maximum atomic E-state index is 12.3. The molecule has 1 aliphatic heterocycles. The summed E-state index contributed by atoms with van der Waals surface area (Å²) in [5, 5.41) is 7.88. The Morgan fingerprint density at radius 2 is 1.69 bits per heavy atom. The van der Waals surface area contributed by atoms with Crippen LogP contribution in [0.15, 0.2) is 79.1 Å². The van der Waals surface area contributed by atoms with Crippen molar-refractivity contribution in [2.45, 2.75) is 37.2 Å². The van der Waals surface area contributed by atoms with Crippen LogP contribution in [0, 0.1) is 0 Å². The number of esters is 1. The van der Waals surface area contributed by atoms with Crippen molar-refractivity contribution < 1.29 is 9.53 Å². The third-order valence-corrected chi connectivity index (χ3v) is 6.92. The van der Waals surface area contributed by atoms with Gasteiger partial charge in [-0.2, -0.15) is 5.10 Å². The molecule has 0 unspecified atom stereocenters. The molecular weight excluding hydrogens is 398 g/mol. The van der Waals surface area contributed by atoms with Crippen LogP contribution in [0.5, 0.6) is 0 Å². The highest BCUT2D eigenvalue weighted by atomic mass is 16.6. The first-order valence-electron chi connectivity index (χ1n) is 11.1. The van der Waals surface area contributed by atoms with Crippen LogP contribution in [0.25, 0.3) is 22.4 Å². The Morgan fingerprint density at radius 3 is 2.53 bits per heavy atom. The van der Waals surface area contributed by atoms with E-state index in [0.717, 1.165) is 48.2 Å². The van der Waals surface area contributed by atoms with Crippen molar-refractivity contribution in [3.05, 3.63) is 95.9 Å². The van der Waals surface area contributed by atoms with Gasteiger partial charge < -0.3 is 4.74 Å². The molecule has 1 N–H and O–H groups in total. The monoisotopic (exact) mass is 421 g/mol. The molecule has 5 heteroatoms. The largest absolute Gasteiger partial charge is 0.450 e. The first-order chi connectivity index (χ1) is 15.7. The number of hydrogen-bond acceptors (Lipinski definition) is 4. The smallest absolute Gasteiger partial charge is 0.339 e. The summed E-state index contributed by atoms with van der Waals surface area (Å²) in [6, 6.07) is 22.8. The molecule has 2 aromatic heterocycles. The second-order valence-electron chi connectivity index (χ2n) is 8.73. The predicted molar refractivity (Wildman–Crippen MR) is 122 cm³/mol. The zero-order chi connectivity index (χ0) is 21.5. The van der Waals surface area contributed by atoms with Gasteiger partial charge in [-0.3, -0.25) is 10.1 Å². The molecule has 6 rings (SSSR count). The SMILES string of the molecule is O=C1OC2(CCC(c3cc(-c4cccc(-c5ccccc5)c4)n[nH]3)CC2)c2cnccc21. The van der Waals surface area contributed by atoms with E-state index in [9.17, 15) is 4.79 Å². The highest BCUT2D eigenvalue weighted by Crippen LogP contribution is 2.49. The lowest BCUT2D eigenvalue weighted by atomic mass is 9.74. The van der Waals surface area contributed by atoms with Gasteiger partial charge in [0.05, 0.1) is 11.3 Å². The van der Waals surface area contributed by atoms with Gasteiger partial charge in [-0.1, -0.05) is 48.5 Å². The first kappa shape index (κ1) is 19.0. The number of pyridine rings is 1. The molecule has 0 amide bonds. The van der Waals surface area contributed by atoms with Crippen LogP contribution >= 0.6 is 0 Å². The molecule has 1 aliphatic carbocycles. The van der Waals surface area contributed by atoms with E-state index < -0.39 is 5.60 Å². The molecule has 0 bridgehead atoms. The van der Waals surface area contributed by atoms with Gasteiger partial charge in [-0.05, 0) is 55.0 Å². The molecule has 2 aliphatic rings. The molecule has 1 spiro atoms. The van der Waals surface area contributed by atoms with Gasteiger partial charge in [-0.15, -0.1) is 0 Å². The van der Waals surface area contributed by atoms with E-state index in [2.05, 4.69) is 69.8 Å². The molecule has 1 saturated carbocycles. The molecule has 5 nitrogen and oxygen atoms in total. The van der Waals surface area contributed by atoms with E-state index in [1.807, 2.05) is 6.07 Å². The van der Waals surface area contributed by atoms with Crippen LogP contribution < -0.4 is 0 Å². The van der Waals surface area contributed by atoms with Crippen LogP contribution in [0.2, 0.25) is 0 Å². The minimum absolute atomic E-state index is 0.219. The average Bonchev–Trinajstić information content (AvgIpc) is 3.45. The first-order valence-corrected chi connectivity index (χ1v) is 11.1. The number of fused-ring (bicyclic) bond motifs is 2. The number of carbonyl (C=O) groups excluding carboxylic acids is 1. The second-order valence-corrected chi connectivity index (χ2v) is 8.73. The molecule has 4 aromatic rings. The Bertz CT molecular complexity index is 1290. The number of aromatic nitrogens is 3. The zero-order valence-electron chi connectivity index (χ0n) is 17.6. The minimum Gasteiger partial charge on any atom is -0.450 e. The summed E-state index contributed by atoms with van der Waals surface area (Å²) in [5.41, 5.74) is 6.70. The standard InChI is InChI=1S/C27H23N3O2/c31-26-22-11-14-28-17-23(22)27(32-26)12-9-19(10-13-27)24-16-25(30-29-24)21-8-4-7-20(15-21)18-5-2-1-3-6-18/h1-8,11,14-17,19H,9-10,12-13H2,(H,29,30). The van der Waals surface area contributed by atoms with E-state index in [0.29, 0.717) is 11.5 Å². The lowest BCUT2D eigenvalue weighted by Crippen LogP contribution is -2.31. The van der Waals surface area contributed by atoms with Crippen LogP contribution in [0.1, 0.15) is 53.2 Å². The average molecular weight is 422 g/mol. The minimum atomic E-state index is -0.510. The van der Waals surface area contributed by atoms with Gasteiger partial charge in [0, 0.05) is 35.1 Å². The summed E-state index contributed by atoms with van der Waals surface area (Å²) in [4.78, 5) is 16.5. The van der Waals surface area contributed by atoms with Crippen LogP contribution in [0.4, 0.5) is 0 Å². The lowest BCUT2D eigenvalue weighted by molar-refractivity contribution is -0.0312.